The maximum atomic E-state index is 13.2. The first-order valence-electron chi connectivity index (χ1n) is 12.2. The van der Waals surface area contributed by atoms with E-state index in [0.29, 0.717) is 48.5 Å². The number of benzene rings is 1. The fourth-order valence-corrected chi connectivity index (χ4v) is 6.01. The molecule has 1 aliphatic heterocycles. The minimum atomic E-state index is -3.68. The Balaban J connectivity index is 1.91. The van der Waals surface area contributed by atoms with E-state index in [0.717, 1.165) is 11.5 Å². The molecule has 0 radical (unpaired) electrons. The van der Waals surface area contributed by atoms with Gasteiger partial charge in [0.25, 0.3) is 11.8 Å². The highest BCUT2D eigenvalue weighted by Crippen LogP contribution is 2.34. The Morgan fingerprint density at radius 1 is 1.11 bits per heavy atom. The molecule has 14 heteroatoms. The number of carbonyl (C=O) groups excluding carboxylic acids is 2. The first-order chi connectivity index (χ1) is 17.3. The summed E-state index contributed by atoms with van der Waals surface area (Å²) in [5.74, 6) is -0.917. The van der Waals surface area contributed by atoms with Gasteiger partial charge < -0.3 is 10.6 Å². The molecule has 2 heterocycles. The molecule has 2 aromatic rings. The van der Waals surface area contributed by atoms with Crippen molar-refractivity contribution >= 4 is 49.3 Å². The quantitative estimate of drug-likeness (QED) is 0.313. The molecule has 204 valence electrons. The van der Waals surface area contributed by atoms with Crippen LogP contribution in [0.15, 0.2) is 33.3 Å². The van der Waals surface area contributed by atoms with Gasteiger partial charge >= 0.3 is 0 Å². The Hall–Kier alpha value is -2.52. The van der Waals surface area contributed by atoms with Crippen LogP contribution >= 0.6 is 11.5 Å². The number of nitrogens with zero attached hydrogens (tertiary/aromatic N) is 7. The van der Waals surface area contributed by atoms with Gasteiger partial charge in [-0.3, -0.25) is 9.59 Å². The zero-order valence-electron chi connectivity index (χ0n) is 22.2. The van der Waals surface area contributed by atoms with Gasteiger partial charge in [0.1, 0.15) is 0 Å². The molecule has 0 bridgehead atoms. The summed E-state index contributed by atoms with van der Waals surface area (Å²) in [6.07, 6.45) is 0.498. The van der Waals surface area contributed by atoms with Gasteiger partial charge in [0.05, 0.1) is 17.0 Å². The number of nitrogens with two attached hydrogens (primary N) is 1. The minimum absolute atomic E-state index is 0.124. The van der Waals surface area contributed by atoms with Crippen LogP contribution in [0.4, 0.5) is 5.00 Å². The summed E-state index contributed by atoms with van der Waals surface area (Å²) < 4.78 is 31.6. The second kappa shape index (κ2) is 11.5. The molecule has 1 unspecified atom stereocenters. The van der Waals surface area contributed by atoms with Gasteiger partial charge in [-0.1, -0.05) is 13.8 Å². The molecule has 2 amide bonds. The topological polar surface area (TPSA) is 145 Å². The number of hydrogen-bond donors (Lipinski definition) is 1. The number of sulfonamides is 1. The molecule has 1 atom stereocenters. The maximum absolute atomic E-state index is 13.2. The molecule has 0 aliphatic carbocycles. The molecular weight excluding hydrogens is 516 g/mol. The largest absolute Gasteiger partial charge is 0.325 e. The third kappa shape index (κ3) is 6.49. The van der Waals surface area contributed by atoms with E-state index in [2.05, 4.69) is 14.6 Å². The Kier molecular flexibility index (Phi) is 9.01. The fourth-order valence-electron chi connectivity index (χ4n) is 3.84. The van der Waals surface area contributed by atoms with Crippen LogP contribution in [0.25, 0.3) is 10.9 Å². The summed E-state index contributed by atoms with van der Waals surface area (Å²) in [4.78, 5) is 28.4. The second-order valence-corrected chi connectivity index (χ2v) is 12.5. The van der Waals surface area contributed by atoms with E-state index in [4.69, 9.17) is 5.73 Å². The van der Waals surface area contributed by atoms with Gasteiger partial charge in [-0.2, -0.15) is 13.8 Å². The van der Waals surface area contributed by atoms with Crippen LogP contribution in [-0.4, -0.2) is 102 Å². The Labute approximate surface area is 222 Å². The third-order valence-electron chi connectivity index (χ3n) is 6.03. The molecule has 0 saturated carbocycles. The van der Waals surface area contributed by atoms with Crippen molar-refractivity contribution < 1.29 is 18.0 Å². The molecule has 37 heavy (non-hydrogen) atoms. The predicted molar refractivity (Wildman–Crippen MR) is 143 cm³/mol. The van der Waals surface area contributed by atoms with Crippen LogP contribution in [0.3, 0.4) is 0 Å². The molecule has 12 nitrogen and oxygen atoms in total. The van der Waals surface area contributed by atoms with Gasteiger partial charge in [-0.15, -0.1) is 5.11 Å². The summed E-state index contributed by atoms with van der Waals surface area (Å²) in [5, 5.41) is 12.0. The average molecular weight is 553 g/mol. The third-order valence-corrected chi connectivity index (χ3v) is 8.84. The van der Waals surface area contributed by atoms with E-state index in [1.807, 2.05) is 32.8 Å². The summed E-state index contributed by atoms with van der Waals surface area (Å²) in [5.41, 5.74) is 6.15. The normalized spacial score (nSPS) is 17.5. The summed E-state index contributed by atoms with van der Waals surface area (Å²) in [6.45, 7) is 9.14. The monoisotopic (exact) mass is 552 g/mol. The van der Waals surface area contributed by atoms with Crippen molar-refractivity contribution in [1.29, 1.82) is 0 Å². The zero-order chi connectivity index (χ0) is 27.5. The second-order valence-electron chi connectivity index (χ2n) is 9.84. The lowest BCUT2D eigenvalue weighted by Crippen LogP contribution is -2.47. The van der Waals surface area contributed by atoms with Crippen molar-refractivity contribution in [3.05, 3.63) is 18.2 Å². The number of azo groups is 1. The van der Waals surface area contributed by atoms with E-state index >= 15 is 0 Å². The van der Waals surface area contributed by atoms with Gasteiger partial charge in [-0.05, 0) is 64.1 Å². The zero-order valence-corrected chi connectivity index (χ0v) is 23.8. The molecule has 1 saturated heterocycles. The summed E-state index contributed by atoms with van der Waals surface area (Å²) >= 11 is 1.03. The van der Waals surface area contributed by atoms with Crippen LogP contribution in [0.5, 0.6) is 0 Å². The number of fused-ring (bicyclic) bond motifs is 1. The Bertz CT molecular complexity index is 1270. The molecular formula is C23H36N8O4S2. The van der Waals surface area contributed by atoms with Gasteiger partial charge in [0, 0.05) is 37.1 Å². The van der Waals surface area contributed by atoms with Crippen molar-refractivity contribution in [3.63, 3.8) is 0 Å². The standard InChI is InChI=1S/C23H36N8O4S2/c1-7-29(8-2)37(34,35)16-9-10-18-17(15-16)20(36-27-18)26-25-19-21(32)30(12-11-23(3,4)24)31(22(19)33)14-13-28(5)6/h9-10,15,19H,7-8,11-14,24H2,1-6H3/b26-25+. The van der Waals surface area contributed by atoms with Crippen LogP contribution < -0.4 is 5.73 Å². The van der Waals surface area contributed by atoms with Crippen LogP contribution in [0.1, 0.15) is 34.1 Å². The molecule has 3 rings (SSSR count). The van der Waals surface area contributed by atoms with E-state index in [-0.39, 0.29) is 11.4 Å². The van der Waals surface area contributed by atoms with E-state index in [1.165, 1.54) is 26.5 Å². The first-order valence-corrected chi connectivity index (χ1v) is 14.4. The fraction of sp³-hybridized carbons (Fsp3) is 0.609. The van der Waals surface area contributed by atoms with E-state index in [9.17, 15) is 18.0 Å². The van der Waals surface area contributed by atoms with E-state index < -0.39 is 33.4 Å². The molecule has 0 spiro atoms. The summed E-state index contributed by atoms with van der Waals surface area (Å²) in [7, 11) is 0.0911. The van der Waals surface area contributed by atoms with Crippen LogP contribution in [0, 0.1) is 0 Å². The molecule has 1 fully saturated rings. The number of carbonyl (C=O) groups is 2. The van der Waals surface area contributed by atoms with Gasteiger partial charge in [0.15, 0.2) is 5.00 Å². The lowest BCUT2D eigenvalue weighted by molar-refractivity contribution is -0.147. The average Bonchev–Trinajstić information content (AvgIpc) is 3.32. The number of aromatic nitrogens is 1. The van der Waals surface area contributed by atoms with Crippen LogP contribution in [0.2, 0.25) is 0 Å². The molecule has 1 aliphatic rings. The van der Waals surface area contributed by atoms with Crippen molar-refractivity contribution in [2.45, 2.75) is 50.6 Å². The van der Waals surface area contributed by atoms with Crippen LogP contribution in [-0.2, 0) is 19.6 Å². The number of rotatable bonds is 12. The highest BCUT2D eigenvalue weighted by molar-refractivity contribution is 7.89. The number of hydrogen-bond acceptors (Lipinski definition) is 10. The Morgan fingerprint density at radius 2 is 1.73 bits per heavy atom. The minimum Gasteiger partial charge on any atom is -0.325 e. The summed E-state index contributed by atoms with van der Waals surface area (Å²) in [6, 6.07) is 3.33. The maximum Gasteiger partial charge on any atom is 0.277 e. The molecule has 1 aromatic carbocycles. The van der Waals surface area contributed by atoms with Crippen molar-refractivity contribution in [3.8, 4) is 0 Å². The number of likely N-dealkylation sites (N-methyl/N-ethyl adjacent to an activating group) is 1. The highest BCUT2D eigenvalue weighted by Gasteiger charge is 2.46. The first kappa shape index (κ1) is 29.0. The molecule has 2 N–H and O–H groups in total. The van der Waals surface area contributed by atoms with Crippen molar-refractivity contribution in [2.75, 3.05) is 46.8 Å². The number of amides is 2. The Morgan fingerprint density at radius 3 is 2.30 bits per heavy atom. The predicted octanol–water partition coefficient (Wildman–Crippen LogP) is 2.05. The van der Waals surface area contributed by atoms with Crippen molar-refractivity contribution in [1.82, 2.24) is 23.6 Å². The highest BCUT2D eigenvalue weighted by atomic mass is 32.2. The van der Waals surface area contributed by atoms with Crippen molar-refractivity contribution in [2.24, 2.45) is 16.0 Å². The van der Waals surface area contributed by atoms with Gasteiger partial charge in [0.2, 0.25) is 16.1 Å². The lowest BCUT2D eigenvalue weighted by atomic mass is 10.0. The van der Waals surface area contributed by atoms with Gasteiger partial charge in [-0.25, -0.2) is 18.4 Å². The number of hydrazine groups is 1. The molecule has 1 aromatic heterocycles. The SMILES string of the molecule is CCN(CC)S(=O)(=O)c1ccc2nsc(/N=N/C3C(=O)N(CCN(C)C)N(CCC(C)(C)N)C3=O)c2c1. The lowest BCUT2D eigenvalue weighted by Gasteiger charge is -2.30. The smallest absolute Gasteiger partial charge is 0.277 e. The van der Waals surface area contributed by atoms with E-state index in [1.54, 1.807) is 19.9 Å².